The molecule has 4 aliphatic carbocycles. The highest BCUT2D eigenvalue weighted by atomic mass is 79.9. The van der Waals surface area contributed by atoms with Gasteiger partial charge in [-0.15, -0.1) is 0 Å². The average Bonchev–Trinajstić information content (AvgIpc) is 2.40. The molecule has 130 valence electrons. The average molecular weight is 399 g/mol. The van der Waals surface area contributed by atoms with E-state index in [-0.39, 0.29) is 12.0 Å². The van der Waals surface area contributed by atoms with E-state index in [2.05, 4.69) is 0 Å². The van der Waals surface area contributed by atoms with Gasteiger partial charge in [-0.25, -0.2) is 0 Å². The van der Waals surface area contributed by atoms with Crippen molar-refractivity contribution in [1.82, 2.24) is 0 Å². The normalized spacial score (nSPS) is 36.7. The van der Waals surface area contributed by atoms with Gasteiger partial charge in [0.25, 0.3) is 0 Å². The molecule has 0 aromatic carbocycles. The molecule has 4 rings (SSSR count). The topological polar surface area (TPSA) is 26.3 Å². The monoisotopic (exact) mass is 398 g/mol. The number of carbonyl (C=O) groups is 1. The molecule has 0 spiro atoms. The third kappa shape index (κ3) is 3.30. The molecule has 0 N–H and O–H groups in total. The lowest BCUT2D eigenvalue weighted by Gasteiger charge is -2.55. The number of allylic oxidation sites excluding steroid dienone is 1. The van der Waals surface area contributed by atoms with Crippen LogP contribution in [0, 0.1) is 23.2 Å². The zero-order valence-electron chi connectivity index (χ0n) is 12.5. The van der Waals surface area contributed by atoms with Crippen LogP contribution in [-0.4, -0.2) is 23.3 Å². The van der Waals surface area contributed by atoms with E-state index >= 15 is 0 Å². The highest BCUT2D eigenvalue weighted by Gasteiger charge is 2.55. The lowest BCUT2D eigenvalue weighted by molar-refractivity contribution is -0.170. The summed E-state index contributed by atoms with van der Waals surface area (Å²) in [4.78, 5) is 8.10. The van der Waals surface area contributed by atoms with Gasteiger partial charge in [0.05, 0.1) is 5.41 Å². The number of hydrogen-bond donors (Lipinski definition) is 0. The van der Waals surface area contributed by atoms with Crippen molar-refractivity contribution in [3.8, 4) is 0 Å². The molecule has 0 aromatic rings. The Balaban J connectivity index is 1.56. The molecule has 4 saturated carbocycles. The van der Waals surface area contributed by atoms with E-state index in [1.807, 2.05) is 0 Å². The molecular weight excluding hydrogens is 380 g/mol. The Bertz CT molecular complexity index is 477. The second-order valence-corrected chi connectivity index (χ2v) is 8.32. The molecule has 0 unspecified atom stereocenters. The Morgan fingerprint density at radius 1 is 1.09 bits per heavy atom. The van der Waals surface area contributed by atoms with Gasteiger partial charge < -0.3 is 4.74 Å². The quantitative estimate of drug-likeness (QED) is 0.284. The van der Waals surface area contributed by atoms with Gasteiger partial charge in [-0.3, -0.25) is 4.79 Å². The van der Waals surface area contributed by atoms with E-state index in [4.69, 9.17) is 4.74 Å². The Kier molecular flexibility index (Phi) is 4.30. The van der Waals surface area contributed by atoms with Crippen LogP contribution in [0.3, 0.4) is 0 Å². The number of alkyl halides is 5. The third-order valence-corrected chi connectivity index (χ3v) is 6.02. The fourth-order valence-corrected chi connectivity index (χ4v) is 5.06. The minimum atomic E-state index is -4.32. The van der Waals surface area contributed by atoms with Gasteiger partial charge in [0.15, 0.2) is 0 Å². The molecule has 7 heteroatoms. The summed E-state index contributed by atoms with van der Waals surface area (Å²) >= 11 is 1.65. The molecule has 4 aliphatic rings. The van der Waals surface area contributed by atoms with Gasteiger partial charge in [0.1, 0.15) is 6.61 Å². The van der Waals surface area contributed by atoms with Crippen molar-refractivity contribution in [2.75, 3.05) is 6.61 Å². The van der Waals surface area contributed by atoms with Crippen LogP contribution in [0.25, 0.3) is 0 Å². The maximum absolute atomic E-state index is 13.0. The van der Waals surface area contributed by atoms with Crippen LogP contribution in [-0.2, 0) is 9.53 Å². The number of esters is 1. The Morgan fingerprint density at radius 3 is 2.00 bits per heavy atom. The Labute approximate surface area is 140 Å². The van der Waals surface area contributed by atoms with Crippen molar-refractivity contribution >= 4 is 21.9 Å². The maximum atomic E-state index is 13.0. The smallest absolute Gasteiger partial charge is 0.367 e. The fourth-order valence-electron chi connectivity index (χ4n) is 4.93. The molecule has 0 aromatic heterocycles. The summed E-state index contributed by atoms with van der Waals surface area (Å²) in [6.07, 6.45) is 6.85. The fraction of sp³-hybridized carbons (Fsp3) is 0.812. The van der Waals surface area contributed by atoms with Crippen LogP contribution in [0.2, 0.25) is 0 Å². The van der Waals surface area contributed by atoms with Crippen LogP contribution >= 0.6 is 15.9 Å². The highest BCUT2D eigenvalue weighted by Crippen LogP contribution is 2.60. The number of hydrogen-bond acceptors (Lipinski definition) is 2. The summed E-state index contributed by atoms with van der Waals surface area (Å²) in [6, 6.07) is 0. The SMILES string of the molecule is O=C(OCC=CC(F)(F)C(F)(F)Br)C12CC3CC(CC(C3)C1)C2. The van der Waals surface area contributed by atoms with E-state index in [1.54, 1.807) is 15.9 Å². The minimum absolute atomic E-state index is 0.0781. The summed E-state index contributed by atoms with van der Waals surface area (Å²) < 4.78 is 56.4. The van der Waals surface area contributed by atoms with Crippen molar-refractivity contribution in [3.63, 3.8) is 0 Å². The number of ether oxygens (including phenoxy) is 1. The molecule has 0 saturated heterocycles. The molecule has 0 amide bonds. The standard InChI is InChI=1S/C16H19BrF4O2/c17-16(20,21)15(18,19)2-1-3-23-13(22)14-7-10-4-11(8-14)6-12(5-10)9-14/h1-2,10-12H,3-9H2. The Morgan fingerprint density at radius 2 is 1.57 bits per heavy atom. The summed E-state index contributed by atoms with van der Waals surface area (Å²) in [5, 5.41) is 0. The predicted molar refractivity (Wildman–Crippen MR) is 79.5 cm³/mol. The molecule has 2 nitrogen and oxygen atoms in total. The van der Waals surface area contributed by atoms with Crippen molar-refractivity contribution in [3.05, 3.63) is 12.2 Å². The second kappa shape index (κ2) is 5.74. The maximum Gasteiger partial charge on any atom is 0.367 e. The van der Waals surface area contributed by atoms with Gasteiger partial charge in [0.2, 0.25) is 0 Å². The minimum Gasteiger partial charge on any atom is -0.461 e. The molecule has 0 atom stereocenters. The number of carbonyl (C=O) groups excluding carboxylic acids is 1. The highest BCUT2D eigenvalue weighted by molar-refractivity contribution is 9.10. The summed E-state index contributed by atoms with van der Waals surface area (Å²) in [6.45, 7) is -0.404. The molecular formula is C16H19BrF4O2. The Hall–Kier alpha value is -0.590. The molecule has 0 aliphatic heterocycles. The van der Waals surface area contributed by atoms with E-state index < -0.39 is 22.8 Å². The first-order valence-electron chi connectivity index (χ1n) is 7.91. The van der Waals surface area contributed by atoms with Crippen LogP contribution in [0.4, 0.5) is 17.6 Å². The van der Waals surface area contributed by atoms with E-state index in [0.717, 1.165) is 25.3 Å². The van der Waals surface area contributed by atoms with Gasteiger partial charge in [-0.1, -0.05) is 0 Å². The third-order valence-electron chi connectivity index (χ3n) is 5.49. The largest absolute Gasteiger partial charge is 0.461 e. The summed E-state index contributed by atoms with van der Waals surface area (Å²) in [5.74, 6) is -2.96. The van der Waals surface area contributed by atoms with Crippen molar-refractivity contribution in [2.24, 2.45) is 23.2 Å². The van der Waals surface area contributed by atoms with Crippen LogP contribution in [0.1, 0.15) is 38.5 Å². The van der Waals surface area contributed by atoms with Crippen molar-refractivity contribution in [1.29, 1.82) is 0 Å². The second-order valence-electron chi connectivity index (χ2n) is 7.32. The molecule has 4 bridgehead atoms. The first-order valence-corrected chi connectivity index (χ1v) is 8.70. The number of halogens is 5. The lowest BCUT2D eigenvalue weighted by atomic mass is 9.49. The van der Waals surface area contributed by atoms with E-state index in [9.17, 15) is 22.4 Å². The number of rotatable bonds is 5. The zero-order valence-corrected chi connectivity index (χ0v) is 14.1. The van der Waals surface area contributed by atoms with E-state index in [0.29, 0.717) is 17.8 Å². The summed E-state index contributed by atoms with van der Waals surface area (Å²) in [5.41, 5.74) is -0.468. The van der Waals surface area contributed by atoms with Gasteiger partial charge in [-0.2, -0.15) is 17.6 Å². The van der Waals surface area contributed by atoms with Crippen molar-refractivity contribution < 1.29 is 27.1 Å². The van der Waals surface area contributed by atoms with Gasteiger partial charge >= 0.3 is 16.7 Å². The summed E-state index contributed by atoms with van der Waals surface area (Å²) in [7, 11) is 0. The first-order chi connectivity index (χ1) is 10.6. The van der Waals surface area contributed by atoms with E-state index in [1.165, 1.54) is 19.3 Å². The molecule has 4 fully saturated rings. The predicted octanol–water partition coefficient (Wildman–Crippen LogP) is 4.93. The zero-order chi connectivity index (χ0) is 16.9. The molecule has 0 heterocycles. The van der Waals surface area contributed by atoms with Gasteiger partial charge in [-0.05, 0) is 84.4 Å². The van der Waals surface area contributed by atoms with Gasteiger partial charge in [0, 0.05) is 0 Å². The van der Waals surface area contributed by atoms with Crippen molar-refractivity contribution in [2.45, 2.75) is 49.3 Å². The van der Waals surface area contributed by atoms with Crippen LogP contribution in [0.15, 0.2) is 12.2 Å². The molecule has 23 heavy (non-hydrogen) atoms. The lowest BCUT2D eigenvalue weighted by Crippen LogP contribution is -2.50. The van der Waals surface area contributed by atoms with Crippen LogP contribution in [0.5, 0.6) is 0 Å². The molecule has 0 radical (unpaired) electrons. The first kappa shape index (κ1) is 17.2. The van der Waals surface area contributed by atoms with Crippen LogP contribution < -0.4 is 0 Å².